The number of piperazine rings is 1. The highest BCUT2D eigenvalue weighted by molar-refractivity contribution is 7.21. The highest BCUT2D eigenvalue weighted by Gasteiger charge is 2.27. The average Bonchev–Trinajstić information content (AvgIpc) is 3.11. The van der Waals surface area contributed by atoms with E-state index in [4.69, 9.17) is 21.1 Å². The molecule has 0 radical (unpaired) electrons. The number of nitrogens with zero attached hydrogens (tertiary/aromatic N) is 2. The second-order valence-electron chi connectivity index (χ2n) is 6.58. The zero-order valence-electron chi connectivity index (χ0n) is 15.8. The Balaban J connectivity index is 1.50. The molecular weight excluding hydrogens is 396 g/mol. The van der Waals surface area contributed by atoms with E-state index < -0.39 is 0 Å². The van der Waals surface area contributed by atoms with E-state index in [1.807, 2.05) is 35.2 Å². The predicted molar refractivity (Wildman–Crippen MR) is 114 cm³/mol. The summed E-state index contributed by atoms with van der Waals surface area (Å²) < 4.78 is 11.8. The molecule has 28 heavy (non-hydrogen) atoms. The fourth-order valence-corrected chi connectivity index (χ4v) is 4.79. The van der Waals surface area contributed by atoms with Crippen LogP contribution in [0.25, 0.3) is 10.1 Å². The summed E-state index contributed by atoms with van der Waals surface area (Å²) in [5.41, 5.74) is 1.14. The van der Waals surface area contributed by atoms with Crippen molar-refractivity contribution >= 4 is 44.6 Å². The minimum absolute atomic E-state index is 0.0172. The zero-order chi connectivity index (χ0) is 19.7. The van der Waals surface area contributed by atoms with Crippen molar-refractivity contribution in [3.8, 4) is 11.5 Å². The molecular formula is C21H21ClN2O3S. The van der Waals surface area contributed by atoms with Crippen LogP contribution < -0.4 is 14.4 Å². The summed E-state index contributed by atoms with van der Waals surface area (Å²) in [5, 5.41) is 1.52. The number of ether oxygens (including phenoxy) is 2. The van der Waals surface area contributed by atoms with E-state index >= 15 is 0 Å². The van der Waals surface area contributed by atoms with E-state index in [1.54, 1.807) is 14.2 Å². The molecule has 7 heteroatoms. The first-order valence-electron chi connectivity index (χ1n) is 9.05. The highest BCUT2D eigenvalue weighted by atomic mass is 35.5. The van der Waals surface area contributed by atoms with Crippen LogP contribution in [-0.2, 0) is 0 Å². The minimum atomic E-state index is 0.0172. The average molecular weight is 417 g/mol. The summed E-state index contributed by atoms with van der Waals surface area (Å²) >= 11 is 7.58. The number of carbonyl (C=O) groups is 1. The zero-order valence-corrected chi connectivity index (χ0v) is 17.3. The molecule has 0 N–H and O–H groups in total. The molecule has 1 amide bonds. The molecule has 2 aromatic carbocycles. The second kappa shape index (κ2) is 7.89. The monoisotopic (exact) mass is 416 g/mol. The number of carbonyl (C=O) groups excluding carboxylic acids is 1. The molecule has 0 spiro atoms. The fraction of sp³-hybridized carbons (Fsp3) is 0.286. The third-order valence-electron chi connectivity index (χ3n) is 5.01. The van der Waals surface area contributed by atoms with E-state index in [9.17, 15) is 4.79 Å². The third-order valence-corrected chi connectivity index (χ3v) is 6.38. The van der Waals surface area contributed by atoms with Gasteiger partial charge in [-0.15, -0.1) is 11.3 Å². The number of hydrogen-bond donors (Lipinski definition) is 0. The van der Waals surface area contributed by atoms with Gasteiger partial charge < -0.3 is 19.3 Å². The normalized spacial score (nSPS) is 14.4. The fourth-order valence-electron chi connectivity index (χ4n) is 3.50. The van der Waals surface area contributed by atoms with Crippen LogP contribution in [0.15, 0.2) is 42.5 Å². The molecule has 5 nitrogen and oxygen atoms in total. The lowest BCUT2D eigenvalue weighted by atomic mass is 10.2. The number of hydrogen-bond acceptors (Lipinski definition) is 5. The van der Waals surface area contributed by atoms with Crippen LogP contribution in [0.3, 0.4) is 0 Å². The van der Waals surface area contributed by atoms with Crippen molar-refractivity contribution in [1.29, 1.82) is 0 Å². The maximum Gasteiger partial charge on any atom is 0.267 e. The standard InChI is InChI=1S/C21H21ClN2O3S/c1-26-16-6-4-15(5-7-16)23-9-11-24(12-10-23)21(25)20-19(27-2)17-13-14(22)3-8-18(17)28-20/h3-8,13H,9-12H2,1-2H3. The molecule has 1 aliphatic rings. The topological polar surface area (TPSA) is 42.0 Å². The predicted octanol–water partition coefficient (Wildman–Crippen LogP) is 4.53. The summed E-state index contributed by atoms with van der Waals surface area (Å²) in [6.07, 6.45) is 0. The molecule has 2 heterocycles. The van der Waals surface area contributed by atoms with Gasteiger partial charge in [0.25, 0.3) is 5.91 Å². The van der Waals surface area contributed by atoms with Gasteiger partial charge in [0.2, 0.25) is 0 Å². The van der Waals surface area contributed by atoms with Gasteiger partial charge in [0.1, 0.15) is 16.4 Å². The molecule has 0 bridgehead atoms. The molecule has 3 aromatic rings. The van der Waals surface area contributed by atoms with Gasteiger partial charge >= 0.3 is 0 Å². The summed E-state index contributed by atoms with van der Waals surface area (Å²) in [6, 6.07) is 13.6. The molecule has 4 rings (SSSR count). The van der Waals surface area contributed by atoms with Crippen molar-refractivity contribution < 1.29 is 14.3 Å². The van der Waals surface area contributed by atoms with Crippen LogP contribution in [0.2, 0.25) is 5.02 Å². The van der Waals surface area contributed by atoms with Gasteiger partial charge in [-0.05, 0) is 42.5 Å². The van der Waals surface area contributed by atoms with Gasteiger partial charge in [0.05, 0.1) is 14.2 Å². The molecule has 0 aliphatic carbocycles. The number of amides is 1. The molecule has 1 aliphatic heterocycles. The van der Waals surface area contributed by atoms with E-state index in [2.05, 4.69) is 17.0 Å². The molecule has 0 saturated carbocycles. The molecule has 0 atom stereocenters. The third kappa shape index (κ3) is 3.50. The number of anilines is 1. The number of halogens is 1. The summed E-state index contributed by atoms with van der Waals surface area (Å²) in [5.74, 6) is 1.48. The highest BCUT2D eigenvalue weighted by Crippen LogP contribution is 2.39. The Morgan fingerprint density at radius 1 is 1.00 bits per heavy atom. The Morgan fingerprint density at radius 2 is 1.71 bits per heavy atom. The van der Waals surface area contributed by atoms with E-state index in [0.29, 0.717) is 28.7 Å². The smallest absolute Gasteiger partial charge is 0.267 e. The Kier molecular flexibility index (Phi) is 5.33. The molecule has 0 unspecified atom stereocenters. The molecule has 1 aromatic heterocycles. The van der Waals surface area contributed by atoms with Crippen LogP contribution >= 0.6 is 22.9 Å². The van der Waals surface area contributed by atoms with Crippen LogP contribution in [0, 0.1) is 0 Å². The Morgan fingerprint density at radius 3 is 2.36 bits per heavy atom. The Hall–Kier alpha value is -2.44. The number of fused-ring (bicyclic) bond motifs is 1. The van der Waals surface area contributed by atoms with E-state index in [1.165, 1.54) is 11.3 Å². The molecule has 1 fully saturated rings. The lowest BCUT2D eigenvalue weighted by molar-refractivity contribution is 0.0749. The summed E-state index contributed by atoms with van der Waals surface area (Å²) in [6.45, 7) is 2.92. The van der Waals surface area contributed by atoms with Crippen molar-refractivity contribution in [3.63, 3.8) is 0 Å². The number of benzene rings is 2. The second-order valence-corrected chi connectivity index (χ2v) is 8.07. The summed E-state index contributed by atoms with van der Waals surface area (Å²) in [7, 11) is 3.26. The molecule has 1 saturated heterocycles. The summed E-state index contributed by atoms with van der Waals surface area (Å²) in [4.78, 5) is 18.0. The van der Waals surface area contributed by atoms with Gasteiger partial charge in [0.15, 0.2) is 0 Å². The number of thiophene rings is 1. The quantitative estimate of drug-likeness (QED) is 0.626. The first-order chi connectivity index (χ1) is 13.6. The van der Waals surface area contributed by atoms with Crippen LogP contribution in [0.1, 0.15) is 9.67 Å². The first kappa shape index (κ1) is 18.9. The maximum absolute atomic E-state index is 13.1. The SMILES string of the molecule is COc1ccc(N2CCN(C(=O)c3sc4ccc(Cl)cc4c3OC)CC2)cc1. The maximum atomic E-state index is 13.1. The van der Waals surface area contributed by atoms with Gasteiger partial charge in [-0.25, -0.2) is 0 Å². The van der Waals surface area contributed by atoms with Crippen molar-refractivity contribution in [2.24, 2.45) is 0 Å². The van der Waals surface area contributed by atoms with Crippen LogP contribution in [-0.4, -0.2) is 51.2 Å². The Bertz CT molecular complexity index is 995. The molecule has 146 valence electrons. The van der Waals surface area contributed by atoms with Crippen LogP contribution in [0.4, 0.5) is 5.69 Å². The number of rotatable bonds is 4. The van der Waals surface area contributed by atoms with Crippen molar-refractivity contribution in [1.82, 2.24) is 4.90 Å². The van der Waals surface area contributed by atoms with Crippen molar-refractivity contribution in [3.05, 3.63) is 52.4 Å². The van der Waals surface area contributed by atoms with Gasteiger partial charge in [0, 0.05) is 47.0 Å². The van der Waals surface area contributed by atoms with Gasteiger partial charge in [-0.1, -0.05) is 11.6 Å². The van der Waals surface area contributed by atoms with Crippen molar-refractivity contribution in [2.75, 3.05) is 45.3 Å². The van der Waals surface area contributed by atoms with Gasteiger partial charge in [-0.2, -0.15) is 0 Å². The van der Waals surface area contributed by atoms with Crippen LogP contribution in [0.5, 0.6) is 11.5 Å². The first-order valence-corrected chi connectivity index (χ1v) is 10.2. The minimum Gasteiger partial charge on any atom is -0.497 e. The lowest BCUT2D eigenvalue weighted by Crippen LogP contribution is -2.48. The van der Waals surface area contributed by atoms with E-state index in [0.717, 1.165) is 34.6 Å². The van der Waals surface area contributed by atoms with E-state index in [-0.39, 0.29) is 5.91 Å². The van der Waals surface area contributed by atoms with Crippen molar-refractivity contribution in [2.45, 2.75) is 0 Å². The van der Waals surface area contributed by atoms with Gasteiger partial charge in [-0.3, -0.25) is 4.79 Å². The Labute approximate surface area is 173 Å². The lowest BCUT2D eigenvalue weighted by Gasteiger charge is -2.36. The number of methoxy groups -OCH3 is 2. The largest absolute Gasteiger partial charge is 0.497 e.